The normalized spacial score (nSPS) is 11.9. The summed E-state index contributed by atoms with van der Waals surface area (Å²) in [5, 5.41) is 6.63. The molecule has 2 nitrogen and oxygen atoms in total. The summed E-state index contributed by atoms with van der Waals surface area (Å²) in [6.07, 6.45) is 2.17. The molecule has 1 aromatic carbocycles. The van der Waals surface area contributed by atoms with Gasteiger partial charge in [0.15, 0.2) is 5.11 Å². The monoisotopic (exact) mass is 240 g/mol. The molecule has 0 aliphatic rings. The van der Waals surface area contributed by atoms with Crippen LogP contribution in [0.5, 0.6) is 0 Å². The molecule has 4 heteroatoms. The molecule has 2 N–H and O–H groups in total. The van der Waals surface area contributed by atoms with Crippen molar-refractivity contribution < 1.29 is 4.39 Å². The molecule has 0 radical (unpaired) electrons. The van der Waals surface area contributed by atoms with Gasteiger partial charge in [-0.05, 0) is 43.8 Å². The van der Waals surface area contributed by atoms with Crippen molar-refractivity contribution in [1.29, 1.82) is 0 Å². The summed E-state index contributed by atoms with van der Waals surface area (Å²) in [6.45, 7) is 4.20. The van der Waals surface area contributed by atoms with Gasteiger partial charge in [0.25, 0.3) is 0 Å². The molecule has 0 saturated heterocycles. The van der Waals surface area contributed by atoms with Crippen molar-refractivity contribution in [2.24, 2.45) is 0 Å². The number of halogens is 1. The van der Waals surface area contributed by atoms with Crippen LogP contribution in [0.15, 0.2) is 24.3 Å². The van der Waals surface area contributed by atoms with Crippen LogP contribution in [0.25, 0.3) is 0 Å². The van der Waals surface area contributed by atoms with Crippen LogP contribution in [0.4, 0.5) is 10.1 Å². The largest absolute Gasteiger partial charge is 0.360 e. The highest BCUT2D eigenvalue weighted by molar-refractivity contribution is 7.80. The van der Waals surface area contributed by atoms with Gasteiger partial charge >= 0.3 is 0 Å². The zero-order valence-electron chi connectivity index (χ0n) is 9.59. The van der Waals surface area contributed by atoms with E-state index in [2.05, 4.69) is 24.5 Å². The summed E-state index contributed by atoms with van der Waals surface area (Å²) in [7, 11) is 0. The lowest BCUT2D eigenvalue weighted by Gasteiger charge is -2.16. The molecule has 0 aliphatic carbocycles. The van der Waals surface area contributed by atoms with Crippen molar-refractivity contribution in [2.75, 3.05) is 5.32 Å². The molecule has 1 aromatic rings. The Morgan fingerprint density at radius 3 is 2.88 bits per heavy atom. The highest BCUT2D eigenvalue weighted by Crippen LogP contribution is 2.08. The summed E-state index contributed by atoms with van der Waals surface area (Å²) in [5.74, 6) is -0.269. The van der Waals surface area contributed by atoms with Gasteiger partial charge in [0, 0.05) is 11.7 Å². The fourth-order valence-corrected chi connectivity index (χ4v) is 1.78. The SMILES string of the molecule is CCC[C@H](C)NC(=S)Nc1cccc(F)c1. The van der Waals surface area contributed by atoms with E-state index in [0.717, 1.165) is 12.8 Å². The zero-order valence-corrected chi connectivity index (χ0v) is 10.4. The third-order valence-corrected chi connectivity index (χ3v) is 2.40. The first-order chi connectivity index (χ1) is 7.61. The van der Waals surface area contributed by atoms with Crippen molar-refractivity contribution in [3.8, 4) is 0 Å². The molecule has 0 saturated carbocycles. The first kappa shape index (κ1) is 12.9. The fourth-order valence-electron chi connectivity index (χ4n) is 1.46. The maximum absolute atomic E-state index is 12.9. The highest BCUT2D eigenvalue weighted by atomic mass is 32.1. The molecule has 0 fully saturated rings. The van der Waals surface area contributed by atoms with Gasteiger partial charge in [0.2, 0.25) is 0 Å². The Morgan fingerprint density at radius 2 is 2.25 bits per heavy atom. The Bertz CT molecular complexity index is 355. The van der Waals surface area contributed by atoms with Gasteiger partial charge in [0.05, 0.1) is 0 Å². The maximum atomic E-state index is 12.9. The minimum absolute atomic E-state index is 0.269. The maximum Gasteiger partial charge on any atom is 0.170 e. The predicted octanol–water partition coefficient (Wildman–Crippen LogP) is 3.30. The van der Waals surface area contributed by atoms with E-state index in [0.29, 0.717) is 16.8 Å². The minimum Gasteiger partial charge on any atom is -0.360 e. The lowest BCUT2D eigenvalue weighted by atomic mass is 10.2. The van der Waals surface area contributed by atoms with E-state index in [9.17, 15) is 4.39 Å². The Balaban J connectivity index is 2.45. The summed E-state index contributed by atoms with van der Waals surface area (Å²) < 4.78 is 12.9. The number of anilines is 1. The molecule has 0 amide bonds. The van der Waals surface area contributed by atoms with E-state index in [1.54, 1.807) is 12.1 Å². The molecule has 16 heavy (non-hydrogen) atoms. The molecule has 0 aliphatic heterocycles. The molecule has 0 heterocycles. The number of hydrogen-bond donors (Lipinski definition) is 2. The number of hydrogen-bond acceptors (Lipinski definition) is 1. The molecule has 0 spiro atoms. The van der Waals surface area contributed by atoms with E-state index in [-0.39, 0.29) is 5.82 Å². The van der Waals surface area contributed by atoms with Crippen molar-refractivity contribution >= 4 is 23.0 Å². The van der Waals surface area contributed by atoms with Crippen molar-refractivity contribution in [2.45, 2.75) is 32.7 Å². The van der Waals surface area contributed by atoms with Crippen molar-refractivity contribution in [3.63, 3.8) is 0 Å². The Morgan fingerprint density at radius 1 is 1.50 bits per heavy atom. The first-order valence-corrected chi connectivity index (χ1v) is 5.85. The van der Waals surface area contributed by atoms with Crippen LogP contribution >= 0.6 is 12.2 Å². The lowest BCUT2D eigenvalue weighted by molar-refractivity contribution is 0.599. The van der Waals surface area contributed by atoms with Crippen molar-refractivity contribution in [3.05, 3.63) is 30.1 Å². The second-order valence-corrected chi connectivity index (χ2v) is 4.21. The van der Waals surface area contributed by atoms with Crippen LogP contribution in [-0.2, 0) is 0 Å². The smallest absolute Gasteiger partial charge is 0.170 e. The van der Waals surface area contributed by atoms with Crippen molar-refractivity contribution in [1.82, 2.24) is 5.32 Å². The van der Waals surface area contributed by atoms with E-state index < -0.39 is 0 Å². The van der Waals surface area contributed by atoms with Gasteiger partial charge in [0.1, 0.15) is 5.82 Å². The van der Waals surface area contributed by atoms with Gasteiger partial charge in [-0.15, -0.1) is 0 Å². The third-order valence-electron chi connectivity index (χ3n) is 2.18. The lowest BCUT2D eigenvalue weighted by Crippen LogP contribution is -2.35. The van der Waals surface area contributed by atoms with Crippen LogP contribution < -0.4 is 10.6 Å². The van der Waals surface area contributed by atoms with E-state index in [1.165, 1.54) is 12.1 Å². The average molecular weight is 240 g/mol. The minimum atomic E-state index is -0.269. The standard InChI is InChI=1S/C12H17FN2S/c1-3-5-9(2)14-12(16)15-11-7-4-6-10(13)8-11/h4,6-9H,3,5H2,1-2H3,(H2,14,15,16)/t9-/m0/s1. The molecular weight excluding hydrogens is 223 g/mol. The summed E-state index contributed by atoms with van der Waals surface area (Å²) in [4.78, 5) is 0. The molecule has 0 bridgehead atoms. The van der Waals surface area contributed by atoms with E-state index in [4.69, 9.17) is 12.2 Å². The molecule has 0 aromatic heterocycles. The number of rotatable bonds is 4. The fraction of sp³-hybridized carbons (Fsp3) is 0.417. The Hall–Kier alpha value is -1.16. The third kappa shape index (κ3) is 4.57. The van der Waals surface area contributed by atoms with Crippen LogP contribution in [0, 0.1) is 5.82 Å². The van der Waals surface area contributed by atoms with E-state index in [1.807, 2.05) is 0 Å². The van der Waals surface area contributed by atoms with E-state index >= 15 is 0 Å². The van der Waals surface area contributed by atoms with Gasteiger partial charge in [-0.1, -0.05) is 19.4 Å². The molecule has 88 valence electrons. The molecule has 1 atom stereocenters. The summed E-state index contributed by atoms with van der Waals surface area (Å²) >= 11 is 5.13. The topological polar surface area (TPSA) is 24.1 Å². The number of nitrogens with one attached hydrogen (secondary N) is 2. The predicted molar refractivity (Wildman–Crippen MR) is 70.1 cm³/mol. The van der Waals surface area contributed by atoms with Crippen LogP contribution in [0.3, 0.4) is 0 Å². The number of benzene rings is 1. The summed E-state index contributed by atoms with van der Waals surface area (Å²) in [6, 6.07) is 6.58. The second kappa shape index (κ2) is 6.43. The molecule has 0 unspecified atom stereocenters. The number of thiocarbonyl (C=S) groups is 1. The summed E-state index contributed by atoms with van der Waals surface area (Å²) in [5.41, 5.74) is 0.668. The molecule has 1 rings (SSSR count). The quantitative estimate of drug-likeness (QED) is 0.790. The highest BCUT2D eigenvalue weighted by Gasteiger charge is 2.03. The zero-order chi connectivity index (χ0) is 12.0. The van der Waals surface area contributed by atoms with Crippen LogP contribution in [0.1, 0.15) is 26.7 Å². The van der Waals surface area contributed by atoms with Gasteiger partial charge in [-0.3, -0.25) is 0 Å². The van der Waals surface area contributed by atoms with Crippen LogP contribution in [-0.4, -0.2) is 11.2 Å². The Labute approximate surface area is 101 Å². The first-order valence-electron chi connectivity index (χ1n) is 5.45. The van der Waals surface area contributed by atoms with Crippen LogP contribution in [0.2, 0.25) is 0 Å². The second-order valence-electron chi connectivity index (χ2n) is 3.80. The molecular formula is C12H17FN2S. The van der Waals surface area contributed by atoms with Gasteiger partial charge in [-0.25, -0.2) is 4.39 Å². The van der Waals surface area contributed by atoms with Gasteiger partial charge in [-0.2, -0.15) is 0 Å². The Kier molecular flexibility index (Phi) is 5.19. The van der Waals surface area contributed by atoms with Gasteiger partial charge < -0.3 is 10.6 Å². The average Bonchev–Trinajstić information content (AvgIpc) is 2.17.